The highest BCUT2D eigenvalue weighted by Gasteiger charge is 2.12. The van der Waals surface area contributed by atoms with E-state index in [1.165, 1.54) is 0 Å². The molecule has 23 heavy (non-hydrogen) atoms. The Balaban J connectivity index is 1.81. The maximum atomic E-state index is 6.11. The van der Waals surface area contributed by atoms with Gasteiger partial charge in [-0.25, -0.2) is 9.97 Å². The van der Waals surface area contributed by atoms with Crippen LogP contribution in [0.25, 0.3) is 11.0 Å². The number of aromatic amines is 1. The summed E-state index contributed by atoms with van der Waals surface area (Å²) in [5.74, 6) is 1.93. The van der Waals surface area contributed by atoms with Crippen LogP contribution >= 0.6 is 11.6 Å². The third-order valence-electron chi connectivity index (χ3n) is 3.95. The smallest absolute Gasteiger partial charge is 0.153 e. The van der Waals surface area contributed by atoms with Crippen LogP contribution in [0.4, 0.5) is 11.6 Å². The van der Waals surface area contributed by atoms with Crippen molar-refractivity contribution in [2.24, 2.45) is 0 Å². The molecule has 0 aliphatic heterocycles. The number of anilines is 2. The number of benzene rings is 1. The summed E-state index contributed by atoms with van der Waals surface area (Å²) in [5.41, 5.74) is 2.63. The predicted octanol–water partition coefficient (Wildman–Crippen LogP) is 5.04. The standard InChI is InChI=1S/C17H20ClN5/c1-3-6-11(4-2)14-9-15(23-22-14)21-16-10-19-17-12(18)7-5-8-13(17)20-16/h5,7-11H,3-4,6H2,1-2H3,(H2,20,21,22,23). The second-order valence-corrected chi connectivity index (χ2v) is 6.00. The molecule has 2 N–H and O–H groups in total. The Hall–Kier alpha value is -2.14. The molecule has 5 nitrogen and oxygen atoms in total. The Morgan fingerprint density at radius 3 is 2.91 bits per heavy atom. The zero-order valence-corrected chi connectivity index (χ0v) is 14.1. The second-order valence-electron chi connectivity index (χ2n) is 5.59. The van der Waals surface area contributed by atoms with Gasteiger partial charge < -0.3 is 5.32 Å². The molecule has 0 aliphatic rings. The van der Waals surface area contributed by atoms with E-state index in [1.54, 1.807) is 6.20 Å². The second kappa shape index (κ2) is 6.96. The summed E-state index contributed by atoms with van der Waals surface area (Å²) in [7, 11) is 0. The third-order valence-corrected chi connectivity index (χ3v) is 4.25. The van der Waals surface area contributed by atoms with Gasteiger partial charge in [-0.15, -0.1) is 0 Å². The van der Waals surface area contributed by atoms with Crippen molar-refractivity contribution >= 4 is 34.3 Å². The van der Waals surface area contributed by atoms with E-state index in [4.69, 9.17) is 11.6 Å². The predicted molar refractivity (Wildman–Crippen MR) is 94.4 cm³/mol. The maximum Gasteiger partial charge on any atom is 0.153 e. The lowest BCUT2D eigenvalue weighted by atomic mass is 9.97. The Labute approximate surface area is 140 Å². The van der Waals surface area contributed by atoms with Crippen molar-refractivity contribution in [2.45, 2.75) is 39.0 Å². The molecule has 0 spiro atoms. The van der Waals surface area contributed by atoms with Crippen LogP contribution in [0.2, 0.25) is 5.02 Å². The largest absolute Gasteiger partial charge is 0.322 e. The number of nitrogens with zero attached hydrogens (tertiary/aromatic N) is 3. The summed E-state index contributed by atoms with van der Waals surface area (Å²) in [6.07, 6.45) is 5.10. The van der Waals surface area contributed by atoms with Crippen LogP contribution in [0.5, 0.6) is 0 Å². The molecule has 0 radical (unpaired) electrons. The highest BCUT2D eigenvalue weighted by atomic mass is 35.5. The zero-order chi connectivity index (χ0) is 16.2. The van der Waals surface area contributed by atoms with Crippen molar-refractivity contribution in [3.05, 3.63) is 41.2 Å². The van der Waals surface area contributed by atoms with E-state index < -0.39 is 0 Å². The molecule has 1 atom stereocenters. The monoisotopic (exact) mass is 329 g/mol. The molecule has 0 fully saturated rings. The number of para-hydroxylation sites is 1. The summed E-state index contributed by atoms with van der Waals surface area (Å²) in [6, 6.07) is 7.62. The van der Waals surface area contributed by atoms with Gasteiger partial charge in [0.2, 0.25) is 0 Å². The summed E-state index contributed by atoms with van der Waals surface area (Å²) in [6.45, 7) is 4.40. The van der Waals surface area contributed by atoms with Gasteiger partial charge >= 0.3 is 0 Å². The van der Waals surface area contributed by atoms with Crippen molar-refractivity contribution in [1.29, 1.82) is 0 Å². The first-order chi connectivity index (χ1) is 11.2. The molecular formula is C17H20ClN5. The van der Waals surface area contributed by atoms with Crippen molar-refractivity contribution in [3.8, 4) is 0 Å². The van der Waals surface area contributed by atoms with Gasteiger partial charge in [0.15, 0.2) is 11.6 Å². The van der Waals surface area contributed by atoms with Gasteiger partial charge in [0.05, 0.1) is 16.7 Å². The Bertz CT molecular complexity index is 799. The molecular weight excluding hydrogens is 310 g/mol. The molecule has 0 saturated heterocycles. The van der Waals surface area contributed by atoms with Gasteiger partial charge in [0.1, 0.15) is 5.52 Å². The van der Waals surface area contributed by atoms with E-state index in [0.29, 0.717) is 22.3 Å². The number of hydrogen-bond donors (Lipinski definition) is 2. The highest BCUT2D eigenvalue weighted by molar-refractivity contribution is 6.34. The molecule has 6 heteroatoms. The van der Waals surface area contributed by atoms with Crippen LogP contribution in [-0.2, 0) is 0 Å². The molecule has 0 aliphatic carbocycles. The Morgan fingerprint density at radius 2 is 2.13 bits per heavy atom. The fraction of sp³-hybridized carbons (Fsp3) is 0.353. The molecule has 1 aromatic carbocycles. The number of rotatable bonds is 6. The van der Waals surface area contributed by atoms with Crippen LogP contribution < -0.4 is 5.32 Å². The van der Waals surface area contributed by atoms with Gasteiger partial charge in [-0.3, -0.25) is 5.10 Å². The average Bonchev–Trinajstić information content (AvgIpc) is 3.01. The number of aromatic nitrogens is 4. The lowest BCUT2D eigenvalue weighted by Crippen LogP contribution is -1.97. The van der Waals surface area contributed by atoms with Crippen LogP contribution in [0, 0.1) is 0 Å². The molecule has 0 bridgehead atoms. The molecule has 1 unspecified atom stereocenters. The summed E-state index contributed by atoms with van der Waals surface area (Å²) < 4.78 is 0. The Kier molecular flexibility index (Phi) is 4.76. The highest BCUT2D eigenvalue weighted by Crippen LogP contribution is 2.26. The molecule has 2 aromatic heterocycles. The molecule has 3 rings (SSSR count). The van der Waals surface area contributed by atoms with Gasteiger partial charge in [-0.1, -0.05) is 37.9 Å². The normalized spacial score (nSPS) is 12.5. The van der Waals surface area contributed by atoms with Crippen molar-refractivity contribution in [2.75, 3.05) is 5.32 Å². The quantitative estimate of drug-likeness (QED) is 0.664. The number of halogens is 1. The lowest BCUT2D eigenvalue weighted by molar-refractivity contribution is 0.579. The van der Waals surface area contributed by atoms with Gasteiger partial charge in [0.25, 0.3) is 0 Å². The third kappa shape index (κ3) is 3.45. The van der Waals surface area contributed by atoms with Gasteiger partial charge in [0, 0.05) is 17.7 Å². The van der Waals surface area contributed by atoms with Crippen LogP contribution in [-0.4, -0.2) is 20.2 Å². The summed E-state index contributed by atoms with van der Waals surface area (Å²) in [4.78, 5) is 8.90. The van der Waals surface area contributed by atoms with E-state index in [2.05, 4.69) is 39.3 Å². The van der Waals surface area contributed by atoms with Crippen molar-refractivity contribution < 1.29 is 0 Å². The van der Waals surface area contributed by atoms with E-state index in [9.17, 15) is 0 Å². The minimum atomic E-state index is 0.518. The van der Waals surface area contributed by atoms with E-state index in [0.717, 1.165) is 36.3 Å². The molecule has 0 amide bonds. The van der Waals surface area contributed by atoms with E-state index in [1.807, 2.05) is 24.3 Å². The molecule has 2 heterocycles. The van der Waals surface area contributed by atoms with E-state index >= 15 is 0 Å². The minimum absolute atomic E-state index is 0.518. The SMILES string of the molecule is CCCC(CC)c1cc(Nc2cnc3c(Cl)cccc3n2)n[nH]1. The van der Waals surface area contributed by atoms with Crippen LogP contribution in [0.15, 0.2) is 30.5 Å². The Morgan fingerprint density at radius 1 is 1.26 bits per heavy atom. The lowest BCUT2D eigenvalue weighted by Gasteiger charge is -2.10. The zero-order valence-electron chi connectivity index (χ0n) is 13.3. The average molecular weight is 330 g/mol. The van der Waals surface area contributed by atoms with E-state index in [-0.39, 0.29) is 0 Å². The number of hydrogen-bond acceptors (Lipinski definition) is 4. The van der Waals surface area contributed by atoms with Gasteiger partial charge in [-0.2, -0.15) is 5.10 Å². The van der Waals surface area contributed by atoms with Crippen LogP contribution in [0.3, 0.4) is 0 Å². The maximum absolute atomic E-state index is 6.11. The number of H-pyrrole nitrogens is 1. The number of fused-ring (bicyclic) bond motifs is 1. The number of nitrogens with one attached hydrogen (secondary N) is 2. The van der Waals surface area contributed by atoms with Crippen molar-refractivity contribution in [3.63, 3.8) is 0 Å². The van der Waals surface area contributed by atoms with Crippen LogP contribution in [0.1, 0.15) is 44.7 Å². The molecule has 3 aromatic rings. The van der Waals surface area contributed by atoms with Crippen molar-refractivity contribution in [1.82, 2.24) is 20.2 Å². The first-order valence-electron chi connectivity index (χ1n) is 7.94. The minimum Gasteiger partial charge on any atom is -0.322 e. The first kappa shape index (κ1) is 15.7. The topological polar surface area (TPSA) is 66.5 Å². The molecule has 120 valence electrons. The summed E-state index contributed by atoms with van der Waals surface area (Å²) in [5, 5.41) is 11.3. The fourth-order valence-electron chi connectivity index (χ4n) is 2.74. The van der Waals surface area contributed by atoms with Gasteiger partial charge in [-0.05, 0) is 25.0 Å². The first-order valence-corrected chi connectivity index (χ1v) is 8.32. The fourth-order valence-corrected chi connectivity index (χ4v) is 2.95. The molecule has 0 saturated carbocycles. The summed E-state index contributed by atoms with van der Waals surface area (Å²) >= 11 is 6.11.